The molecule has 2 heterocycles. The predicted molar refractivity (Wildman–Crippen MR) is 75.7 cm³/mol. The molecular formula is C16H21N3. The van der Waals surface area contributed by atoms with Gasteiger partial charge in [-0.3, -0.25) is 4.90 Å². The van der Waals surface area contributed by atoms with E-state index in [-0.39, 0.29) is 0 Å². The summed E-state index contributed by atoms with van der Waals surface area (Å²) in [4.78, 5) is 2.58. The van der Waals surface area contributed by atoms with Gasteiger partial charge >= 0.3 is 0 Å². The Morgan fingerprint density at radius 1 is 1.32 bits per heavy atom. The monoisotopic (exact) mass is 255 g/mol. The Kier molecular flexibility index (Phi) is 3.54. The number of rotatable bonds is 2. The number of nitrogens with one attached hydrogen (secondary N) is 1. The fourth-order valence-electron chi connectivity index (χ4n) is 3.44. The molecule has 0 amide bonds. The van der Waals surface area contributed by atoms with Gasteiger partial charge in [0.2, 0.25) is 0 Å². The average molecular weight is 255 g/mol. The van der Waals surface area contributed by atoms with Gasteiger partial charge in [0.25, 0.3) is 0 Å². The predicted octanol–water partition coefficient (Wildman–Crippen LogP) is 2.30. The minimum atomic E-state index is 0.445. The van der Waals surface area contributed by atoms with Gasteiger partial charge in [-0.2, -0.15) is 5.26 Å². The molecule has 3 atom stereocenters. The van der Waals surface area contributed by atoms with E-state index in [1.165, 1.54) is 31.5 Å². The number of likely N-dealkylation sites (tertiary alicyclic amines) is 1. The summed E-state index contributed by atoms with van der Waals surface area (Å²) in [6.45, 7) is 5.82. The molecule has 1 N–H and O–H groups in total. The smallest absolute Gasteiger partial charge is 0.0991 e. The summed E-state index contributed by atoms with van der Waals surface area (Å²) < 4.78 is 0. The molecule has 0 saturated carbocycles. The molecule has 0 bridgehead atoms. The second kappa shape index (κ2) is 5.32. The van der Waals surface area contributed by atoms with Gasteiger partial charge in [-0.25, -0.2) is 0 Å². The molecule has 3 rings (SSSR count). The van der Waals surface area contributed by atoms with Crippen LogP contribution >= 0.6 is 0 Å². The van der Waals surface area contributed by atoms with Crippen LogP contribution in [0.4, 0.5) is 0 Å². The number of piperidine rings is 1. The van der Waals surface area contributed by atoms with Gasteiger partial charge in [0, 0.05) is 25.2 Å². The molecule has 2 saturated heterocycles. The molecule has 3 unspecified atom stereocenters. The van der Waals surface area contributed by atoms with Crippen LogP contribution in [0.1, 0.15) is 36.9 Å². The first kappa shape index (κ1) is 12.7. The zero-order valence-corrected chi connectivity index (χ0v) is 11.5. The zero-order chi connectivity index (χ0) is 13.2. The largest absolute Gasteiger partial charge is 0.312 e. The molecular weight excluding hydrogens is 234 g/mol. The van der Waals surface area contributed by atoms with E-state index in [1.807, 2.05) is 12.1 Å². The Morgan fingerprint density at radius 2 is 2.11 bits per heavy atom. The van der Waals surface area contributed by atoms with E-state index < -0.39 is 0 Å². The first-order valence-electron chi connectivity index (χ1n) is 7.25. The lowest BCUT2D eigenvalue weighted by Gasteiger charge is -2.25. The molecule has 2 aliphatic heterocycles. The fourth-order valence-corrected chi connectivity index (χ4v) is 3.44. The standard InChI is InChI=1S/C16H21N3/c1-12(14-6-4-13(9-17)5-7-14)19-10-15-3-2-8-18-16(15)11-19/h4-7,12,15-16,18H,2-3,8,10-11H2,1H3. The van der Waals surface area contributed by atoms with Gasteiger partial charge in [-0.05, 0) is 49.9 Å². The Bertz CT molecular complexity index is 460. The van der Waals surface area contributed by atoms with Gasteiger partial charge in [-0.1, -0.05) is 12.1 Å². The topological polar surface area (TPSA) is 39.1 Å². The number of nitrogens with zero attached hydrogens (tertiary/aromatic N) is 2. The Hall–Kier alpha value is -1.37. The molecule has 100 valence electrons. The van der Waals surface area contributed by atoms with E-state index in [0.29, 0.717) is 12.1 Å². The third-order valence-corrected chi connectivity index (χ3v) is 4.70. The lowest BCUT2D eigenvalue weighted by atomic mass is 9.94. The van der Waals surface area contributed by atoms with Crippen molar-refractivity contribution >= 4 is 0 Å². The van der Waals surface area contributed by atoms with Crippen molar-refractivity contribution in [3.8, 4) is 6.07 Å². The number of benzene rings is 1. The second-order valence-electron chi connectivity index (χ2n) is 5.83. The highest BCUT2D eigenvalue weighted by molar-refractivity contribution is 5.32. The SMILES string of the molecule is CC(c1ccc(C#N)cc1)N1CC2CCCNC2C1. The summed E-state index contributed by atoms with van der Waals surface area (Å²) in [7, 11) is 0. The second-order valence-corrected chi connectivity index (χ2v) is 5.83. The summed E-state index contributed by atoms with van der Waals surface area (Å²) >= 11 is 0. The van der Waals surface area contributed by atoms with Gasteiger partial charge in [0.15, 0.2) is 0 Å². The summed E-state index contributed by atoms with van der Waals surface area (Å²) in [6.07, 6.45) is 2.69. The lowest BCUT2D eigenvalue weighted by Crippen LogP contribution is -2.40. The summed E-state index contributed by atoms with van der Waals surface area (Å²) in [6, 6.07) is 11.4. The van der Waals surface area contributed by atoms with Crippen molar-refractivity contribution in [3.63, 3.8) is 0 Å². The molecule has 19 heavy (non-hydrogen) atoms. The van der Waals surface area contributed by atoms with Crippen LogP contribution in [0.2, 0.25) is 0 Å². The number of hydrogen-bond acceptors (Lipinski definition) is 3. The van der Waals surface area contributed by atoms with E-state index >= 15 is 0 Å². The summed E-state index contributed by atoms with van der Waals surface area (Å²) in [5.41, 5.74) is 2.06. The number of fused-ring (bicyclic) bond motifs is 1. The van der Waals surface area contributed by atoms with Crippen LogP contribution in [0.3, 0.4) is 0 Å². The van der Waals surface area contributed by atoms with Crippen molar-refractivity contribution in [3.05, 3.63) is 35.4 Å². The minimum absolute atomic E-state index is 0.445. The molecule has 0 radical (unpaired) electrons. The lowest BCUT2D eigenvalue weighted by molar-refractivity contribution is 0.251. The molecule has 0 aromatic heterocycles. The van der Waals surface area contributed by atoms with Crippen molar-refractivity contribution < 1.29 is 0 Å². The highest BCUT2D eigenvalue weighted by atomic mass is 15.2. The maximum atomic E-state index is 8.85. The zero-order valence-electron chi connectivity index (χ0n) is 11.5. The highest BCUT2D eigenvalue weighted by Crippen LogP contribution is 2.31. The summed E-state index contributed by atoms with van der Waals surface area (Å²) in [5, 5.41) is 12.5. The van der Waals surface area contributed by atoms with Crippen LogP contribution in [0.15, 0.2) is 24.3 Å². The van der Waals surface area contributed by atoms with Crippen molar-refractivity contribution in [2.45, 2.75) is 31.8 Å². The van der Waals surface area contributed by atoms with Gasteiger partial charge < -0.3 is 5.32 Å². The maximum absolute atomic E-state index is 8.85. The van der Waals surface area contributed by atoms with Crippen LogP contribution in [-0.2, 0) is 0 Å². The minimum Gasteiger partial charge on any atom is -0.312 e. The molecule has 0 aliphatic carbocycles. The van der Waals surface area contributed by atoms with E-state index in [9.17, 15) is 0 Å². The van der Waals surface area contributed by atoms with Gasteiger partial charge in [0.05, 0.1) is 11.6 Å². The van der Waals surface area contributed by atoms with Crippen LogP contribution in [0.25, 0.3) is 0 Å². The van der Waals surface area contributed by atoms with E-state index in [0.717, 1.165) is 18.0 Å². The maximum Gasteiger partial charge on any atom is 0.0991 e. The highest BCUT2D eigenvalue weighted by Gasteiger charge is 2.36. The van der Waals surface area contributed by atoms with Crippen molar-refractivity contribution in [1.29, 1.82) is 5.26 Å². The molecule has 2 fully saturated rings. The first-order valence-corrected chi connectivity index (χ1v) is 7.25. The van der Waals surface area contributed by atoms with Crippen molar-refractivity contribution in [2.24, 2.45) is 5.92 Å². The Morgan fingerprint density at radius 3 is 2.79 bits per heavy atom. The Labute approximate surface area is 115 Å². The average Bonchev–Trinajstić information content (AvgIpc) is 2.90. The van der Waals surface area contributed by atoms with E-state index in [2.05, 4.69) is 35.3 Å². The molecule has 3 heteroatoms. The first-order chi connectivity index (χ1) is 9.28. The third-order valence-electron chi connectivity index (χ3n) is 4.70. The van der Waals surface area contributed by atoms with Gasteiger partial charge in [0.1, 0.15) is 0 Å². The Balaban J connectivity index is 1.70. The normalized spacial score (nSPS) is 28.6. The molecule has 1 aromatic rings. The third kappa shape index (κ3) is 2.51. The summed E-state index contributed by atoms with van der Waals surface area (Å²) in [5.74, 6) is 0.828. The van der Waals surface area contributed by atoms with Crippen LogP contribution in [0, 0.1) is 17.2 Å². The number of nitriles is 1. The van der Waals surface area contributed by atoms with Crippen molar-refractivity contribution in [2.75, 3.05) is 19.6 Å². The van der Waals surface area contributed by atoms with E-state index in [4.69, 9.17) is 5.26 Å². The van der Waals surface area contributed by atoms with Crippen LogP contribution in [-0.4, -0.2) is 30.6 Å². The molecule has 3 nitrogen and oxygen atoms in total. The van der Waals surface area contributed by atoms with Crippen molar-refractivity contribution in [1.82, 2.24) is 10.2 Å². The molecule has 1 aromatic carbocycles. The molecule has 0 spiro atoms. The fraction of sp³-hybridized carbons (Fsp3) is 0.562. The quantitative estimate of drug-likeness (QED) is 0.881. The van der Waals surface area contributed by atoms with E-state index in [1.54, 1.807) is 0 Å². The van der Waals surface area contributed by atoms with Gasteiger partial charge in [-0.15, -0.1) is 0 Å². The van der Waals surface area contributed by atoms with Crippen LogP contribution < -0.4 is 5.32 Å². The number of hydrogen-bond donors (Lipinski definition) is 1. The molecule has 2 aliphatic rings. The van der Waals surface area contributed by atoms with Crippen LogP contribution in [0.5, 0.6) is 0 Å².